The lowest BCUT2D eigenvalue weighted by atomic mass is 10.1. The SMILES string of the molecule is [C-]#[N+]C(CCO[Si](C)(C)C)c1ccccc1. The predicted octanol–water partition coefficient (Wildman–Crippen LogP) is 3.89. The molecule has 0 aliphatic carbocycles. The van der Waals surface area contributed by atoms with E-state index >= 15 is 0 Å². The van der Waals surface area contributed by atoms with E-state index in [0.29, 0.717) is 6.61 Å². The third-order valence-corrected chi connectivity index (χ3v) is 3.34. The Morgan fingerprint density at radius 3 is 2.38 bits per heavy atom. The number of benzene rings is 1. The van der Waals surface area contributed by atoms with Gasteiger partial charge in [0.15, 0.2) is 8.32 Å². The molecule has 1 atom stereocenters. The molecule has 0 fully saturated rings. The summed E-state index contributed by atoms with van der Waals surface area (Å²) < 4.78 is 5.78. The van der Waals surface area contributed by atoms with Crippen LogP contribution in [0.5, 0.6) is 0 Å². The van der Waals surface area contributed by atoms with Gasteiger partial charge in [-0.05, 0) is 19.6 Å². The highest BCUT2D eigenvalue weighted by Crippen LogP contribution is 2.21. The number of nitrogens with zero attached hydrogens (tertiary/aromatic N) is 1. The Bertz CT molecular complexity index is 350. The molecule has 0 aromatic heterocycles. The summed E-state index contributed by atoms with van der Waals surface area (Å²) in [4.78, 5) is 3.66. The molecule has 0 aliphatic heterocycles. The first-order valence-electron chi connectivity index (χ1n) is 5.58. The molecule has 0 amide bonds. The van der Waals surface area contributed by atoms with Crippen LogP contribution in [0.15, 0.2) is 30.3 Å². The summed E-state index contributed by atoms with van der Waals surface area (Å²) in [6.07, 6.45) is 0.789. The van der Waals surface area contributed by atoms with E-state index in [2.05, 4.69) is 24.5 Å². The van der Waals surface area contributed by atoms with Gasteiger partial charge in [0.05, 0.1) is 0 Å². The first-order chi connectivity index (χ1) is 7.53. The zero-order valence-electron chi connectivity index (χ0n) is 10.2. The average molecular weight is 233 g/mol. The highest BCUT2D eigenvalue weighted by molar-refractivity contribution is 6.69. The van der Waals surface area contributed by atoms with Crippen molar-refractivity contribution in [3.05, 3.63) is 47.3 Å². The summed E-state index contributed by atoms with van der Waals surface area (Å²) in [7, 11) is -1.44. The van der Waals surface area contributed by atoms with Crippen LogP contribution in [-0.2, 0) is 4.43 Å². The third-order valence-electron chi connectivity index (χ3n) is 2.27. The van der Waals surface area contributed by atoms with Crippen molar-refractivity contribution in [2.24, 2.45) is 0 Å². The van der Waals surface area contributed by atoms with Crippen LogP contribution in [0.2, 0.25) is 19.6 Å². The molecule has 16 heavy (non-hydrogen) atoms. The van der Waals surface area contributed by atoms with E-state index in [1.54, 1.807) is 0 Å². The van der Waals surface area contributed by atoms with E-state index in [9.17, 15) is 0 Å². The minimum Gasteiger partial charge on any atom is -0.417 e. The summed E-state index contributed by atoms with van der Waals surface area (Å²) in [5, 5.41) is 0. The molecule has 1 aromatic carbocycles. The molecule has 0 heterocycles. The molecule has 0 bridgehead atoms. The van der Waals surface area contributed by atoms with Gasteiger partial charge in [0, 0.05) is 18.6 Å². The van der Waals surface area contributed by atoms with Crippen LogP contribution in [0.3, 0.4) is 0 Å². The van der Waals surface area contributed by atoms with Crippen LogP contribution in [0.1, 0.15) is 18.0 Å². The predicted molar refractivity (Wildman–Crippen MR) is 69.7 cm³/mol. The first kappa shape index (κ1) is 13.0. The van der Waals surface area contributed by atoms with Gasteiger partial charge in [-0.1, -0.05) is 30.3 Å². The van der Waals surface area contributed by atoms with Crippen LogP contribution >= 0.6 is 0 Å². The van der Waals surface area contributed by atoms with Crippen molar-refractivity contribution in [2.75, 3.05) is 6.61 Å². The van der Waals surface area contributed by atoms with Crippen LogP contribution in [-0.4, -0.2) is 14.9 Å². The van der Waals surface area contributed by atoms with Gasteiger partial charge < -0.3 is 9.27 Å². The molecule has 1 unspecified atom stereocenters. The summed E-state index contributed by atoms with van der Waals surface area (Å²) in [5.41, 5.74) is 1.09. The van der Waals surface area contributed by atoms with Gasteiger partial charge in [-0.15, -0.1) is 0 Å². The normalized spacial score (nSPS) is 13.1. The van der Waals surface area contributed by atoms with E-state index in [1.165, 1.54) is 0 Å². The van der Waals surface area contributed by atoms with Gasteiger partial charge in [0.2, 0.25) is 0 Å². The Balaban J connectivity index is 2.49. The smallest absolute Gasteiger partial charge is 0.250 e. The van der Waals surface area contributed by atoms with Crippen molar-refractivity contribution in [2.45, 2.75) is 32.1 Å². The standard InChI is InChI=1S/C13H19NOSi/c1-14-13(10-11-15-16(2,3)4)12-8-6-5-7-9-12/h5-9,13H,10-11H2,2-4H3. The van der Waals surface area contributed by atoms with Gasteiger partial charge in [-0.2, -0.15) is 0 Å². The maximum atomic E-state index is 7.21. The maximum Gasteiger partial charge on any atom is 0.250 e. The molecule has 3 heteroatoms. The second kappa shape index (κ2) is 5.83. The van der Waals surface area contributed by atoms with E-state index in [4.69, 9.17) is 11.0 Å². The van der Waals surface area contributed by atoms with E-state index in [1.807, 2.05) is 30.3 Å². The monoisotopic (exact) mass is 233 g/mol. The van der Waals surface area contributed by atoms with Gasteiger partial charge in [-0.25, -0.2) is 6.57 Å². The van der Waals surface area contributed by atoms with Crippen molar-refractivity contribution in [3.63, 3.8) is 0 Å². The molecule has 0 radical (unpaired) electrons. The Morgan fingerprint density at radius 2 is 1.88 bits per heavy atom. The molecular formula is C13H19NOSi. The van der Waals surface area contributed by atoms with Crippen molar-refractivity contribution in [1.82, 2.24) is 0 Å². The lowest BCUT2D eigenvalue weighted by Crippen LogP contribution is -2.26. The molecule has 1 rings (SSSR count). The number of hydrogen-bond acceptors (Lipinski definition) is 1. The average Bonchev–Trinajstić information content (AvgIpc) is 2.24. The Morgan fingerprint density at radius 1 is 1.25 bits per heavy atom. The lowest BCUT2D eigenvalue weighted by Gasteiger charge is -2.17. The Kier molecular flexibility index (Phi) is 4.72. The fourth-order valence-electron chi connectivity index (χ4n) is 1.46. The molecule has 1 aromatic rings. The summed E-state index contributed by atoms with van der Waals surface area (Å²) in [6, 6.07) is 9.90. The highest BCUT2D eigenvalue weighted by atomic mass is 28.4. The maximum absolute atomic E-state index is 7.21. The van der Waals surface area contributed by atoms with E-state index in [0.717, 1.165) is 12.0 Å². The van der Waals surface area contributed by atoms with Gasteiger partial charge >= 0.3 is 0 Å². The van der Waals surface area contributed by atoms with Crippen LogP contribution in [0.25, 0.3) is 4.85 Å². The van der Waals surface area contributed by atoms with Gasteiger partial charge in [0.1, 0.15) is 0 Å². The van der Waals surface area contributed by atoms with Crippen molar-refractivity contribution in [1.29, 1.82) is 0 Å². The fourth-order valence-corrected chi connectivity index (χ4v) is 2.19. The minimum atomic E-state index is -1.44. The molecule has 86 valence electrons. The quantitative estimate of drug-likeness (QED) is 0.555. The molecule has 0 saturated carbocycles. The molecule has 0 spiro atoms. The summed E-state index contributed by atoms with van der Waals surface area (Å²) in [5.74, 6) is 0. The molecule has 0 aliphatic rings. The number of hydrogen-bond donors (Lipinski definition) is 0. The van der Waals surface area contributed by atoms with Gasteiger partial charge in [-0.3, -0.25) is 0 Å². The second-order valence-electron chi connectivity index (χ2n) is 4.81. The lowest BCUT2D eigenvalue weighted by molar-refractivity contribution is 0.298. The highest BCUT2D eigenvalue weighted by Gasteiger charge is 2.18. The fraction of sp³-hybridized carbons (Fsp3) is 0.462. The zero-order valence-corrected chi connectivity index (χ0v) is 11.2. The van der Waals surface area contributed by atoms with Crippen LogP contribution < -0.4 is 0 Å². The molecule has 2 nitrogen and oxygen atoms in total. The summed E-state index contributed by atoms with van der Waals surface area (Å²) >= 11 is 0. The zero-order chi connectivity index (χ0) is 12.0. The van der Waals surface area contributed by atoms with Crippen molar-refractivity contribution in [3.8, 4) is 0 Å². The van der Waals surface area contributed by atoms with Crippen LogP contribution in [0, 0.1) is 6.57 Å². The second-order valence-corrected chi connectivity index (χ2v) is 9.32. The third kappa shape index (κ3) is 4.60. The molecular weight excluding hydrogens is 214 g/mol. The molecule has 0 N–H and O–H groups in total. The summed E-state index contributed by atoms with van der Waals surface area (Å²) in [6.45, 7) is 14.4. The van der Waals surface area contributed by atoms with Crippen molar-refractivity contribution < 1.29 is 4.43 Å². The first-order valence-corrected chi connectivity index (χ1v) is 8.99. The van der Waals surface area contributed by atoms with Crippen LogP contribution in [0.4, 0.5) is 0 Å². The molecule has 0 saturated heterocycles. The Labute approximate surface area is 99.2 Å². The topological polar surface area (TPSA) is 13.6 Å². The number of rotatable bonds is 5. The van der Waals surface area contributed by atoms with E-state index in [-0.39, 0.29) is 6.04 Å². The van der Waals surface area contributed by atoms with Gasteiger partial charge in [0.25, 0.3) is 6.04 Å². The minimum absolute atomic E-state index is 0.0578. The largest absolute Gasteiger partial charge is 0.417 e. The van der Waals surface area contributed by atoms with E-state index < -0.39 is 8.32 Å². The Hall–Kier alpha value is -1.11. The van der Waals surface area contributed by atoms with Crippen molar-refractivity contribution >= 4 is 8.32 Å².